The minimum Gasteiger partial charge on any atom is -0.276 e. The molecule has 2 rings (SSSR count). The van der Waals surface area contributed by atoms with E-state index in [2.05, 4.69) is 48.5 Å². The van der Waals surface area contributed by atoms with Crippen LogP contribution in [0.4, 0.5) is 0 Å². The van der Waals surface area contributed by atoms with Crippen LogP contribution in [0.2, 0.25) is 0 Å². The number of nitrogens with two attached hydrogens (primary N) is 1. The highest BCUT2D eigenvalue weighted by Gasteiger charge is 2.17. The summed E-state index contributed by atoms with van der Waals surface area (Å²) in [7, 11) is 1.91. The number of hydrazine groups is 1. The third kappa shape index (κ3) is 3.17. The third-order valence-corrected chi connectivity index (χ3v) is 4.84. The number of aryl methyl sites for hydroxylation is 1. The van der Waals surface area contributed by atoms with E-state index in [9.17, 15) is 0 Å². The molecule has 0 bridgehead atoms. The Hall–Kier alpha value is -0.210. The normalized spacial score (nSPS) is 12.9. The van der Waals surface area contributed by atoms with Crippen molar-refractivity contribution >= 4 is 43.2 Å². The van der Waals surface area contributed by atoms with Gasteiger partial charge in [-0.3, -0.25) is 16.0 Å². The van der Waals surface area contributed by atoms with E-state index in [1.54, 1.807) is 16.0 Å². The van der Waals surface area contributed by atoms with Gasteiger partial charge in [-0.1, -0.05) is 0 Å². The Kier molecular flexibility index (Phi) is 4.37. The zero-order valence-electron chi connectivity index (χ0n) is 9.15. The lowest BCUT2D eigenvalue weighted by Crippen LogP contribution is -2.29. The number of rotatable bonds is 4. The van der Waals surface area contributed by atoms with Crippen LogP contribution in [0.1, 0.15) is 17.2 Å². The van der Waals surface area contributed by atoms with Gasteiger partial charge in [0.1, 0.15) is 0 Å². The third-order valence-electron chi connectivity index (χ3n) is 2.46. The van der Waals surface area contributed by atoms with E-state index in [1.807, 2.05) is 19.4 Å². The van der Waals surface area contributed by atoms with Crippen LogP contribution in [0.5, 0.6) is 0 Å². The molecule has 0 spiro atoms. The molecule has 2 heterocycles. The molecular formula is C10H12Br2N4S. The average molecular weight is 380 g/mol. The predicted octanol–water partition coefficient (Wildman–Crippen LogP) is 2.75. The lowest BCUT2D eigenvalue weighted by molar-refractivity contribution is 0.551. The van der Waals surface area contributed by atoms with Crippen molar-refractivity contribution in [3.63, 3.8) is 0 Å². The molecule has 0 aromatic carbocycles. The zero-order valence-corrected chi connectivity index (χ0v) is 13.1. The molecule has 17 heavy (non-hydrogen) atoms. The molecule has 2 aromatic heterocycles. The molecular weight excluding hydrogens is 368 g/mol. The minimum atomic E-state index is 0.0797. The van der Waals surface area contributed by atoms with E-state index in [1.165, 1.54) is 0 Å². The van der Waals surface area contributed by atoms with Gasteiger partial charge < -0.3 is 0 Å². The average Bonchev–Trinajstić information content (AvgIpc) is 2.82. The van der Waals surface area contributed by atoms with Gasteiger partial charge in [-0.15, -0.1) is 11.3 Å². The first-order valence-corrected chi connectivity index (χ1v) is 7.38. The molecule has 2 aromatic rings. The monoisotopic (exact) mass is 378 g/mol. The molecule has 0 aliphatic heterocycles. The fraction of sp³-hybridized carbons (Fsp3) is 0.300. The van der Waals surface area contributed by atoms with Crippen molar-refractivity contribution in [3.8, 4) is 0 Å². The van der Waals surface area contributed by atoms with E-state index >= 15 is 0 Å². The van der Waals surface area contributed by atoms with Crippen LogP contribution in [-0.4, -0.2) is 9.78 Å². The first kappa shape index (κ1) is 13.2. The predicted molar refractivity (Wildman–Crippen MR) is 76.7 cm³/mol. The van der Waals surface area contributed by atoms with Crippen LogP contribution < -0.4 is 11.3 Å². The molecule has 7 heteroatoms. The van der Waals surface area contributed by atoms with Crippen molar-refractivity contribution in [1.29, 1.82) is 0 Å². The molecule has 1 atom stereocenters. The maximum atomic E-state index is 5.63. The molecule has 0 amide bonds. The number of aromatic nitrogens is 2. The Labute approximate surface area is 120 Å². The van der Waals surface area contributed by atoms with Gasteiger partial charge in [0.15, 0.2) is 0 Å². The topological polar surface area (TPSA) is 55.9 Å². The van der Waals surface area contributed by atoms with Gasteiger partial charge in [-0.25, -0.2) is 0 Å². The van der Waals surface area contributed by atoms with Crippen LogP contribution in [0.15, 0.2) is 26.0 Å². The van der Waals surface area contributed by atoms with E-state index in [-0.39, 0.29) is 6.04 Å². The SMILES string of the molecule is Cn1cc(CC(NN)c2cc(Br)sc2Br)cn1. The Balaban J connectivity index is 2.19. The summed E-state index contributed by atoms with van der Waals surface area (Å²) in [5.41, 5.74) is 5.17. The highest BCUT2D eigenvalue weighted by molar-refractivity contribution is 9.12. The number of nitrogens with one attached hydrogen (secondary N) is 1. The van der Waals surface area contributed by atoms with Crippen LogP contribution in [0.3, 0.4) is 0 Å². The summed E-state index contributed by atoms with van der Waals surface area (Å²) in [4.78, 5) is 0. The van der Waals surface area contributed by atoms with Crippen LogP contribution in [-0.2, 0) is 13.5 Å². The van der Waals surface area contributed by atoms with Gasteiger partial charge in [0, 0.05) is 13.2 Å². The minimum absolute atomic E-state index is 0.0797. The number of nitrogens with zero attached hydrogens (tertiary/aromatic N) is 2. The van der Waals surface area contributed by atoms with Crippen molar-refractivity contribution in [3.05, 3.63) is 37.2 Å². The molecule has 0 saturated heterocycles. The summed E-state index contributed by atoms with van der Waals surface area (Å²) in [6.07, 6.45) is 4.67. The first-order valence-electron chi connectivity index (χ1n) is 4.98. The fourth-order valence-electron chi connectivity index (χ4n) is 1.66. The zero-order chi connectivity index (χ0) is 12.4. The van der Waals surface area contributed by atoms with Gasteiger partial charge in [-0.2, -0.15) is 5.10 Å². The molecule has 3 N–H and O–H groups in total. The Morgan fingerprint density at radius 2 is 2.35 bits per heavy atom. The molecule has 0 radical (unpaired) electrons. The maximum Gasteiger partial charge on any atom is 0.0758 e. The highest BCUT2D eigenvalue weighted by Crippen LogP contribution is 2.36. The maximum absolute atomic E-state index is 5.63. The van der Waals surface area contributed by atoms with Gasteiger partial charge in [0.25, 0.3) is 0 Å². The molecule has 1 unspecified atom stereocenters. The van der Waals surface area contributed by atoms with Gasteiger partial charge in [0.05, 0.1) is 19.8 Å². The number of hydrogen-bond donors (Lipinski definition) is 2. The van der Waals surface area contributed by atoms with Crippen LogP contribution in [0, 0.1) is 0 Å². The molecule has 0 fully saturated rings. The molecule has 0 aliphatic rings. The van der Waals surface area contributed by atoms with Crippen molar-refractivity contribution in [2.75, 3.05) is 0 Å². The van der Waals surface area contributed by atoms with Crippen LogP contribution in [0.25, 0.3) is 0 Å². The summed E-state index contributed by atoms with van der Waals surface area (Å²) in [5, 5.41) is 4.15. The summed E-state index contributed by atoms with van der Waals surface area (Å²) in [6, 6.07) is 2.16. The van der Waals surface area contributed by atoms with E-state index in [0.29, 0.717) is 0 Å². The Bertz CT molecular complexity index is 508. The van der Waals surface area contributed by atoms with Gasteiger partial charge in [-0.05, 0) is 55.5 Å². The largest absolute Gasteiger partial charge is 0.276 e. The lowest BCUT2D eigenvalue weighted by atomic mass is 10.0. The van der Waals surface area contributed by atoms with Gasteiger partial charge >= 0.3 is 0 Å². The fourth-order valence-corrected chi connectivity index (χ4v) is 4.64. The second-order valence-corrected chi connectivity index (χ2v) is 7.47. The summed E-state index contributed by atoms with van der Waals surface area (Å²) < 4.78 is 3.98. The molecule has 4 nitrogen and oxygen atoms in total. The van der Waals surface area contributed by atoms with Crippen molar-refractivity contribution in [2.45, 2.75) is 12.5 Å². The molecule has 92 valence electrons. The summed E-state index contributed by atoms with van der Waals surface area (Å²) >= 11 is 8.67. The number of halogens is 2. The summed E-state index contributed by atoms with van der Waals surface area (Å²) in [5.74, 6) is 5.63. The quantitative estimate of drug-likeness (QED) is 0.634. The molecule has 0 aliphatic carbocycles. The van der Waals surface area contributed by atoms with E-state index in [4.69, 9.17) is 5.84 Å². The Morgan fingerprint density at radius 3 is 2.82 bits per heavy atom. The molecule has 0 saturated carbocycles. The van der Waals surface area contributed by atoms with E-state index < -0.39 is 0 Å². The standard InChI is InChI=1S/C10H12Br2N4S/c1-16-5-6(4-14-16)2-8(15-13)7-3-9(11)17-10(7)12/h3-5,8,15H,2,13H2,1H3. The van der Waals surface area contributed by atoms with E-state index in [0.717, 1.165) is 25.1 Å². The number of thiophene rings is 1. The van der Waals surface area contributed by atoms with Crippen molar-refractivity contribution < 1.29 is 0 Å². The van der Waals surface area contributed by atoms with Crippen LogP contribution >= 0.6 is 43.2 Å². The number of hydrogen-bond acceptors (Lipinski definition) is 4. The second-order valence-electron chi connectivity index (χ2n) is 3.73. The second kappa shape index (κ2) is 5.62. The van der Waals surface area contributed by atoms with Crippen molar-refractivity contribution in [1.82, 2.24) is 15.2 Å². The van der Waals surface area contributed by atoms with Gasteiger partial charge in [0.2, 0.25) is 0 Å². The smallest absolute Gasteiger partial charge is 0.0758 e. The lowest BCUT2D eigenvalue weighted by Gasteiger charge is -2.14. The van der Waals surface area contributed by atoms with Crippen molar-refractivity contribution in [2.24, 2.45) is 12.9 Å². The first-order chi connectivity index (χ1) is 8.10. The summed E-state index contributed by atoms with van der Waals surface area (Å²) in [6.45, 7) is 0. The highest BCUT2D eigenvalue weighted by atomic mass is 79.9. The Morgan fingerprint density at radius 1 is 1.59 bits per heavy atom.